The molecule has 6 nitrogen and oxygen atoms in total. The second-order valence-corrected chi connectivity index (χ2v) is 5.74. The Morgan fingerprint density at radius 3 is 2.39 bits per heavy atom. The van der Waals surface area contributed by atoms with Gasteiger partial charge in [-0.1, -0.05) is 0 Å². The maximum Gasteiger partial charge on any atom is 0.306 e. The van der Waals surface area contributed by atoms with Crippen molar-refractivity contribution >= 4 is 23.5 Å². The smallest absolute Gasteiger partial charge is 0.306 e. The van der Waals surface area contributed by atoms with E-state index in [1.807, 2.05) is 0 Å². The van der Waals surface area contributed by atoms with Gasteiger partial charge >= 0.3 is 5.97 Å². The fraction of sp³-hybridized carbons (Fsp3) is 0.438. The molecule has 1 saturated carbocycles. The van der Waals surface area contributed by atoms with E-state index in [9.17, 15) is 18.8 Å². The summed E-state index contributed by atoms with van der Waals surface area (Å²) < 4.78 is 13.8. The molecule has 7 heteroatoms. The average molecular weight is 322 g/mol. The molecule has 0 bridgehead atoms. The van der Waals surface area contributed by atoms with Crippen LogP contribution in [0.3, 0.4) is 0 Å². The Morgan fingerprint density at radius 1 is 1.17 bits per heavy atom. The molecule has 2 rings (SSSR count). The lowest BCUT2D eigenvalue weighted by Gasteiger charge is -2.26. The SMILES string of the molecule is CC(=O)Nc1ccc(F)c(C(=O)NC2CCC(C(=O)O)CC2)c1. The van der Waals surface area contributed by atoms with E-state index in [-0.39, 0.29) is 23.4 Å². The average Bonchev–Trinajstić information content (AvgIpc) is 2.49. The van der Waals surface area contributed by atoms with Gasteiger partial charge in [0.25, 0.3) is 5.91 Å². The van der Waals surface area contributed by atoms with Gasteiger partial charge in [-0.2, -0.15) is 0 Å². The van der Waals surface area contributed by atoms with E-state index in [4.69, 9.17) is 5.11 Å². The van der Waals surface area contributed by atoms with Crippen LogP contribution in [0.25, 0.3) is 0 Å². The first kappa shape index (κ1) is 16.9. The molecule has 0 aromatic heterocycles. The largest absolute Gasteiger partial charge is 0.481 e. The highest BCUT2D eigenvalue weighted by Crippen LogP contribution is 2.25. The molecule has 1 aromatic rings. The molecule has 0 spiro atoms. The summed E-state index contributed by atoms with van der Waals surface area (Å²) in [6, 6.07) is 3.63. The molecular formula is C16H19FN2O4. The summed E-state index contributed by atoms with van der Waals surface area (Å²) in [5.74, 6) is -2.73. The van der Waals surface area contributed by atoms with Crippen molar-refractivity contribution in [1.82, 2.24) is 5.32 Å². The second kappa shape index (κ2) is 7.21. The summed E-state index contributed by atoms with van der Waals surface area (Å²) in [5.41, 5.74) is 0.204. The predicted octanol–water partition coefficient (Wildman–Crippen LogP) is 2.16. The summed E-state index contributed by atoms with van der Waals surface area (Å²) in [6.07, 6.45) is 2.09. The molecule has 0 saturated heterocycles. The van der Waals surface area contributed by atoms with E-state index in [2.05, 4.69) is 10.6 Å². The minimum atomic E-state index is -0.816. The topological polar surface area (TPSA) is 95.5 Å². The Balaban J connectivity index is 2.01. The summed E-state index contributed by atoms with van der Waals surface area (Å²) in [6.45, 7) is 1.32. The van der Waals surface area contributed by atoms with Crippen LogP contribution >= 0.6 is 0 Å². The maximum atomic E-state index is 13.8. The molecule has 3 N–H and O–H groups in total. The summed E-state index contributed by atoms with van der Waals surface area (Å²) >= 11 is 0. The number of amides is 2. The Hall–Kier alpha value is -2.44. The van der Waals surface area contributed by atoms with Gasteiger partial charge in [0.05, 0.1) is 11.5 Å². The summed E-state index contributed by atoms with van der Waals surface area (Å²) in [7, 11) is 0. The zero-order chi connectivity index (χ0) is 17.0. The van der Waals surface area contributed by atoms with Gasteiger partial charge in [0.15, 0.2) is 0 Å². The van der Waals surface area contributed by atoms with Gasteiger partial charge in [0.1, 0.15) is 5.82 Å². The number of hydrogen-bond donors (Lipinski definition) is 3. The van der Waals surface area contributed by atoms with Crippen molar-refractivity contribution in [1.29, 1.82) is 0 Å². The molecule has 0 heterocycles. The van der Waals surface area contributed by atoms with Crippen LogP contribution in [0.5, 0.6) is 0 Å². The lowest BCUT2D eigenvalue weighted by Crippen LogP contribution is -2.39. The van der Waals surface area contributed by atoms with Gasteiger partial charge in [0, 0.05) is 18.7 Å². The first-order valence-corrected chi connectivity index (χ1v) is 7.47. The van der Waals surface area contributed by atoms with Crippen LogP contribution in [-0.4, -0.2) is 28.9 Å². The van der Waals surface area contributed by atoms with Crippen LogP contribution in [0, 0.1) is 11.7 Å². The van der Waals surface area contributed by atoms with Gasteiger partial charge < -0.3 is 15.7 Å². The van der Waals surface area contributed by atoms with Gasteiger partial charge in [-0.3, -0.25) is 14.4 Å². The Labute approximate surface area is 133 Å². The van der Waals surface area contributed by atoms with Crippen molar-refractivity contribution in [2.24, 2.45) is 5.92 Å². The number of carbonyl (C=O) groups excluding carboxylic acids is 2. The Kier molecular flexibility index (Phi) is 5.31. The molecule has 0 radical (unpaired) electrons. The minimum absolute atomic E-state index is 0.142. The maximum absolute atomic E-state index is 13.8. The number of hydrogen-bond acceptors (Lipinski definition) is 3. The Bertz CT molecular complexity index is 625. The van der Waals surface area contributed by atoms with E-state index < -0.39 is 17.7 Å². The van der Waals surface area contributed by atoms with Gasteiger partial charge in [-0.15, -0.1) is 0 Å². The number of halogens is 1. The van der Waals surface area contributed by atoms with E-state index in [0.29, 0.717) is 31.4 Å². The van der Waals surface area contributed by atoms with E-state index in [1.165, 1.54) is 19.1 Å². The van der Waals surface area contributed by atoms with E-state index in [1.54, 1.807) is 0 Å². The lowest BCUT2D eigenvalue weighted by molar-refractivity contribution is -0.142. The molecule has 23 heavy (non-hydrogen) atoms. The van der Waals surface area contributed by atoms with Crippen LogP contribution in [0.2, 0.25) is 0 Å². The quantitative estimate of drug-likeness (QED) is 0.791. The van der Waals surface area contributed by atoms with Crippen LogP contribution in [0.15, 0.2) is 18.2 Å². The fourth-order valence-electron chi connectivity index (χ4n) is 2.73. The molecular weight excluding hydrogens is 303 g/mol. The molecule has 1 aromatic carbocycles. The zero-order valence-corrected chi connectivity index (χ0v) is 12.8. The number of carboxylic acid groups (broad SMARTS) is 1. The third-order valence-electron chi connectivity index (χ3n) is 3.94. The van der Waals surface area contributed by atoms with Crippen LogP contribution in [0.4, 0.5) is 10.1 Å². The van der Waals surface area contributed by atoms with E-state index >= 15 is 0 Å². The molecule has 0 aliphatic heterocycles. The lowest BCUT2D eigenvalue weighted by atomic mass is 9.86. The number of carbonyl (C=O) groups is 3. The minimum Gasteiger partial charge on any atom is -0.481 e. The van der Waals surface area contributed by atoms with Crippen molar-refractivity contribution < 1.29 is 23.9 Å². The van der Waals surface area contributed by atoms with E-state index in [0.717, 1.165) is 6.07 Å². The highest BCUT2D eigenvalue weighted by Gasteiger charge is 2.27. The predicted molar refractivity (Wildman–Crippen MR) is 81.6 cm³/mol. The Morgan fingerprint density at radius 2 is 1.83 bits per heavy atom. The molecule has 124 valence electrons. The molecule has 2 amide bonds. The normalized spacial score (nSPS) is 20.6. The molecule has 0 unspecified atom stereocenters. The molecule has 1 aliphatic rings. The molecule has 0 atom stereocenters. The van der Waals surface area contributed by atoms with Crippen molar-refractivity contribution in [3.63, 3.8) is 0 Å². The fourth-order valence-corrected chi connectivity index (χ4v) is 2.73. The van der Waals surface area contributed by atoms with Crippen LogP contribution < -0.4 is 10.6 Å². The number of rotatable bonds is 4. The van der Waals surface area contributed by atoms with Crippen LogP contribution in [-0.2, 0) is 9.59 Å². The third kappa shape index (κ3) is 4.51. The van der Waals surface area contributed by atoms with Crippen molar-refractivity contribution in [3.05, 3.63) is 29.6 Å². The monoisotopic (exact) mass is 322 g/mol. The van der Waals surface area contributed by atoms with Gasteiger partial charge in [-0.25, -0.2) is 4.39 Å². The third-order valence-corrected chi connectivity index (χ3v) is 3.94. The van der Waals surface area contributed by atoms with Crippen LogP contribution in [0.1, 0.15) is 43.0 Å². The van der Waals surface area contributed by atoms with Gasteiger partial charge in [-0.05, 0) is 43.9 Å². The summed E-state index contributed by atoms with van der Waals surface area (Å²) in [5, 5.41) is 14.2. The number of anilines is 1. The van der Waals surface area contributed by atoms with Gasteiger partial charge in [0.2, 0.25) is 5.91 Å². The highest BCUT2D eigenvalue weighted by molar-refractivity contribution is 5.97. The number of benzene rings is 1. The first-order chi connectivity index (χ1) is 10.9. The summed E-state index contributed by atoms with van der Waals surface area (Å²) in [4.78, 5) is 34.1. The molecule has 1 aliphatic carbocycles. The standard InChI is InChI=1S/C16H19FN2O4/c1-9(20)18-12-6-7-14(17)13(8-12)15(21)19-11-4-2-10(3-5-11)16(22)23/h6-8,10-11H,2-5H2,1H3,(H,18,20)(H,19,21)(H,22,23). The van der Waals surface area contributed by atoms with Crippen molar-refractivity contribution in [2.45, 2.75) is 38.6 Å². The first-order valence-electron chi connectivity index (χ1n) is 7.47. The number of aliphatic carboxylic acids is 1. The number of nitrogens with one attached hydrogen (secondary N) is 2. The highest BCUT2D eigenvalue weighted by atomic mass is 19.1. The van der Waals surface area contributed by atoms with Crippen molar-refractivity contribution in [3.8, 4) is 0 Å². The molecule has 1 fully saturated rings. The van der Waals surface area contributed by atoms with Crippen molar-refractivity contribution in [2.75, 3.05) is 5.32 Å². The zero-order valence-electron chi connectivity index (χ0n) is 12.8. The second-order valence-electron chi connectivity index (χ2n) is 5.74. The number of carboxylic acids is 1.